The Bertz CT molecular complexity index is 856. The van der Waals surface area contributed by atoms with E-state index in [-0.39, 0.29) is 6.10 Å². The standard InChI is InChI=1S/C25H31BrO3S/c1-2-3-4-8-22(27)17-9-11-19(12-10-17)24-18(13-15-21(24)26)6-5-7-20-14-16-23(30-20)25(28)29/h9-12,14-16,18,22,24,27H,2-8,13H2,1H3,(H,28,29)/t18?,22-,24-/m0/s1. The molecule has 1 aliphatic rings. The van der Waals surface area contributed by atoms with Crippen LogP contribution in [0.25, 0.3) is 0 Å². The average molecular weight is 491 g/mol. The van der Waals surface area contributed by atoms with Gasteiger partial charge in [0.2, 0.25) is 0 Å². The van der Waals surface area contributed by atoms with Crippen molar-refractivity contribution < 1.29 is 15.0 Å². The molecule has 2 N–H and O–H groups in total. The number of carboxylic acid groups (broad SMARTS) is 1. The van der Waals surface area contributed by atoms with Crippen molar-refractivity contribution in [2.75, 3.05) is 0 Å². The lowest BCUT2D eigenvalue weighted by molar-refractivity contribution is 0.0702. The van der Waals surface area contributed by atoms with Gasteiger partial charge in [-0.25, -0.2) is 4.79 Å². The zero-order valence-electron chi connectivity index (χ0n) is 17.5. The Hall–Kier alpha value is -1.43. The van der Waals surface area contributed by atoms with E-state index in [4.69, 9.17) is 5.11 Å². The van der Waals surface area contributed by atoms with E-state index >= 15 is 0 Å². The molecule has 1 aromatic carbocycles. The van der Waals surface area contributed by atoms with Crippen LogP contribution in [-0.4, -0.2) is 16.2 Å². The third-order valence-corrected chi connectivity index (χ3v) is 7.97. The molecule has 5 heteroatoms. The molecule has 3 nitrogen and oxygen atoms in total. The van der Waals surface area contributed by atoms with Crippen LogP contribution in [0.3, 0.4) is 0 Å². The fourth-order valence-electron chi connectivity index (χ4n) is 4.31. The summed E-state index contributed by atoms with van der Waals surface area (Å²) in [5, 5.41) is 19.5. The van der Waals surface area contributed by atoms with Gasteiger partial charge in [-0.15, -0.1) is 11.3 Å². The van der Waals surface area contributed by atoms with Crippen LogP contribution in [0.1, 0.15) is 89.6 Å². The molecule has 1 aromatic heterocycles. The molecule has 0 fully saturated rings. The second kappa shape index (κ2) is 11.3. The van der Waals surface area contributed by atoms with Gasteiger partial charge in [0.1, 0.15) is 4.88 Å². The summed E-state index contributed by atoms with van der Waals surface area (Å²) < 4.78 is 1.26. The number of aliphatic hydroxyl groups excluding tert-OH is 1. The summed E-state index contributed by atoms with van der Waals surface area (Å²) in [6.45, 7) is 2.18. The van der Waals surface area contributed by atoms with Crippen LogP contribution in [0.2, 0.25) is 0 Å². The van der Waals surface area contributed by atoms with E-state index in [1.807, 2.05) is 6.07 Å². The van der Waals surface area contributed by atoms with E-state index in [0.29, 0.717) is 16.7 Å². The lowest BCUT2D eigenvalue weighted by atomic mass is 9.84. The van der Waals surface area contributed by atoms with E-state index in [9.17, 15) is 9.90 Å². The summed E-state index contributed by atoms with van der Waals surface area (Å²) in [4.78, 5) is 12.6. The molecular weight excluding hydrogens is 460 g/mol. The van der Waals surface area contributed by atoms with E-state index in [1.54, 1.807) is 6.07 Å². The van der Waals surface area contributed by atoms with Gasteiger partial charge in [0, 0.05) is 10.8 Å². The maximum absolute atomic E-state index is 11.0. The Morgan fingerprint density at radius 1 is 1.17 bits per heavy atom. The first-order valence-corrected chi connectivity index (χ1v) is 12.6. The van der Waals surface area contributed by atoms with Crippen LogP contribution < -0.4 is 0 Å². The number of halogens is 1. The zero-order valence-corrected chi connectivity index (χ0v) is 19.9. The predicted octanol–water partition coefficient (Wildman–Crippen LogP) is 7.47. The van der Waals surface area contributed by atoms with Crippen molar-refractivity contribution in [1.29, 1.82) is 0 Å². The number of aryl methyl sites for hydroxylation is 1. The molecular formula is C25H31BrO3S. The van der Waals surface area contributed by atoms with Crippen LogP contribution in [0.4, 0.5) is 0 Å². The number of allylic oxidation sites excluding steroid dienone is 2. The van der Waals surface area contributed by atoms with E-state index < -0.39 is 5.97 Å². The van der Waals surface area contributed by atoms with Gasteiger partial charge in [-0.3, -0.25) is 0 Å². The number of benzene rings is 1. The molecule has 0 bridgehead atoms. The zero-order chi connectivity index (χ0) is 21.5. The highest BCUT2D eigenvalue weighted by molar-refractivity contribution is 9.11. The molecule has 1 heterocycles. The second-order valence-electron chi connectivity index (χ2n) is 8.20. The van der Waals surface area contributed by atoms with Gasteiger partial charge in [0.25, 0.3) is 0 Å². The monoisotopic (exact) mass is 490 g/mol. The summed E-state index contributed by atoms with van der Waals surface area (Å²) in [6.07, 6.45) is 10.3. The Labute approximate surface area is 192 Å². The first-order valence-electron chi connectivity index (χ1n) is 10.9. The lowest BCUT2D eigenvalue weighted by Crippen LogP contribution is -2.09. The van der Waals surface area contributed by atoms with Crippen molar-refractivity contribution >= 4 is 33.2 Å². The summed E-state index contributed by atoms with van der Waals surface area (Å²) in [5.41, 5.74) is 2.31. The topological polar surface area (TPSA) is 57.5 Å². The number of aliphatic hydroxyl groups is 1. The van der Waals surface area contributed by atoms with Gasteiger partial charge in [0.05, 0.1) is 6.10 Å². The Kier molecular flexibility index (Phi) is 8.72. The van der Waals surface area contributed by atoms with Crippen molar-refractivity contribution in [3.05, 3.63) is 67.8 Å². The number of hydrogen-bond donors (Lipinski definition) is 2. The Morgan fingerprint density at radius 2 is 1.93 bits per heavy atom. The van der Waals surface area contributed by atoms with E-state index in [0.717, 1.165) is 49.0 Å². The van der Waals surface area contributed by atoms with Gasteiger partial charge < -0.3 is 10.2 Å². The number of aromatic carboxylic acids is 1. The first-order chi connectivity index (χ1) is 14.5. The normalized spacial score (nSPS) is 19.6. The van der Waals surface area contributed by atoms with Crippen molar-refractivity contribution in [1.82, 2.24) is 0 Å². The summed E-state index contributed by atoms with van der Waals surface area (Å²) >= 11 is 5.16. The lowest BCUT2D eigenvalue weighted by Gasteiger charge is -2.22. The van der Waals surface area contributed by atoms with Crippen LogP contribution >= 0.6 is 27.3 Å². The summed E-state index contributed by atoms with van der Waals surface area (Å²) in [6, 6.07) is 12.2. The fourth-order valence-corrected chi connectivity index (χ4v) is 6.03. The van der Waals surface area contributed by atoms with Crippen molar-refractivity contribution in [3.8, 4) is 0 Å². The average Bonchev–Trinajstić information content (AvgIpc) is 3.35. The molecule has 0 radical (unpaired) electrons. The number of carboxylic acids is 1. The molecule has 1 aliphatic carbocycles. The predicted molar refractivity (Wildman–Crippen MR) is 128 cm³/mol. The Balaban J connectivity index is 1.56. The molecule has 3 rings (SSSR count). The SMILES string of the molecule is CCCCC[C@H](O)c1ccc([C@H]2C(Br)=CCC2CCCc2ccc(C(=O)O)s2)cc1. The summed E-state index contributed by atoms with van der Waals surface area (Å²) in [5.74, 6) is 0.0852. The molecule has 0 spiro atoms. The largest absolute Gasteiger partial charge is 0.477 e. The quantitative estimate of drug-likeness (QED) is 0.321. The van der Waals surface area contributed by atoms with E-state index in [2.05, 4.69) is 53.2 Å². The van der Waals surface area contributed by atoms with Crippen molar-refractivity contribution in [3.63, 3.8) is 0 Å². The molecule has 3 atom stereocenters. The molecule has 0 aliphatic heterocycles. The minimum Gasteiger partial charge on any atom is -0.477 e. The van der Waals surface area contributed by atoms with Crippen LogP contribution in [0, 0.1) is 5.92 Å². The number of carbonyl (C=O) groups is 1. The number of rotatable bonds is 11. The van der Waals surface area contributed by atoms with Crippen molar-refractivity contribution in [2.45, 2.75) is 70.3 Å². The van der Waals surface area contributed by atoms with Crippen molar-refractivity contribution in [2.24, 2.45) is 5.92 Å². The molecule has 0 saturated carbocycles. The smallest absolute Gasteiger partial charge is 0.345 e. The van der Waals surface area contributed by atoms with Gasteiger partial charge in [-0.2, -0.15) is 0 Å². The van der Waals surface area contributed by atoms with Gasteiger partial charge in [-0.05, 0) is 65.8 Å². The minimum absolute atomic E-state index is 0.370. The third-order valence-electron chi connectivity index (χ3n) is 6.02. The number of hydrogen-bond acceptors (Lipinski definition) is 3. The Morgan fingerprint density at radius 3 is 2.60 bits per heavy atom. The molecule has 2 aromatic rings. The number of thiophene rings is 1. The van der Waals surface area contributed by atoms with Gasteiger partial charge >= 0.3 is 5.97 Å². The molecule has 0 amide bonds. The van der Waals surface area contributed by atoms with E-state index in [1.165, 1.54) is 34.2 Å². The highest BCUT2D eigenvalue weighted by Crippen LogP contribution is 2.45. The maximum Gasteiger partial charge on any atom is 0.345 e. The molecule has 0 saturated heterocycles. The van der Waals surface area contributed by atoms with Crippen LogP contribution in [0.15, 0.2) is 47.0 Å². The molecule has 162 valence electrons. The van der Waals surface area contributed by atoms with Gasteiger partial charge in [0.15, 0.2) is 0 Å². The van der Waals surface area contributed by atoms with Crippen LogP contribution in [-0.2, 0) is 6.42 Å². The third kappa shape index (κ3) is 6.05. The summed E-state index contributed by atoms with van der Waals surface area (Å²) in [7, 11) is 0. The van der Waals surface area contributed by atoms with Crippen LogP contribution in [0.5, 0.6) is 0 Å². The molecule has 30 heavy (non-hydrogen) atoms. The maximum atomic E-state index is 11.0. The van der Waals surface area contributed by atoms with Gasteiger partial charge in [-0.1, -0.05) is 72.5 Å². The highest BCUT2D eigenvalue weighted by Gasteiger charge is 2.29. The number of unbranched alkanes of at least 4 members (excludes halogenated alkanes) is 2. The fraction of sp³-hybridized carbons (Fsp3) is 0.480. The second-order valence-corrected chi connectivity index (χ2v) is 10.3. The minimum atomic E-state index is -0.839. The highest BCUT2D eigenvalue weighted by atomic mass is 79.9. The molecule has 1 unspecified atom stereocenters. The first kappa shape index (κ1) is 23.2.